The van der Waals surface area contributed by atoms with Crippen LogP contribution in [0, 0.1) is 5.92 Å². The average molecular weight is 518 g/mol. The van der Waals surface area contributed by atoms with Crippen molar-refractivity contribution in [2.75, 3.05) is 39.7 Å². The molecule has 1 saturated carbocycles. The van der Waals surface area contributed by atoms with E-state index in [1.54, 1.807) is 12.1 Å². The second-order valence-electron chi connectivity index (χ2n) is 9.62. The number of carbonyl (C=O) groups excluding carboxylic acids is 1. The van der Waals surface area contributed by atoms with Crippen molar-refractivity contribution in [3.05, 3.63) is 47.0 Å². The van der Waals surface area contributed by atoms with Crippen molar-refractivity contribution < 1.29 is 24.1 Å². The number of likely N-dealkylation sites (tertiary alicyclic amines) is 1. The van der Waals surface area contributed by atoms with Crippen molar-refractivity contribution in [1.29, 1.82) is 0 Å². The predicted molar refractivity (Wildman–Crippen MR) is 141 cm³/mol. The van der Waals surface area contributed by atoms with Gasteiger partial charge in [0, 0.05) is 29.2 Å². The molecule has 36 heavy (non-hydrogen) atoms. The Balaban J connectivity index is 1.34. The molecule has 2 aliphatic rings. The van der Waals surface area contributed by atoms with E-state index in [4.69, 9.17) is 25.8 Å². The fraction of sp³-hybridized carbons (Fsp3) is 0.519. The van der Waals surface area contributed by atoms with Crippen LogP contribution >= 0.6 is 11.6 Å². The van der Waals surface area contributed by atoms with Crippen LogP contribution in [-0.2, 0) is 6.42 Å². The maximum atomic E-state index is 12.9. The van der Waals surface area contributed by atoms with Crippen molar-refractivity contribution in [3.8, 4) is 17.2 Å². The summed E-state index contributed by atoms with van der Waals surface area (Å²) in [6.45, 7) is 1.92. The number of nitrogens with one attached hydrogen (secondary N) is 2. The number of anilines is 1. The fourth-order valence-electron chi connectivity index (χ4n) is 5.48. The van der Waals surface area contributed by atoms with E-state index in [0.29, 0.717) is 41.7 Å². The molecule has 0 radical (unpaired) electrons. The normalized spacial score (nSPS) is 22.8. The number of nitrogens with zero attached hydrogens (tertiary/aromatic N) is 1. The first-order valence-corrected chi connectivity index (χ1v) is 12.8. The Bertz CT molecular complexity index is 1000. The van der Waals surface area contributed by atoms with Gasteiger partial charge in [-0.05, 0) is 68.8 Å². The Hall–Kier alpha value is -2.68. The van der Waals surface area contributed by atoms with Gasteiger partial charge >= 0.3 is 6.03 Å². The number of piperidine rings is 1. The van der Waals surface area contributed by atoms with Crippen LogP contribution in [0.25, 0.3) is 0 Å². The molecule has 1 aliphatic carbocycles. The number of methoxy groups -OCH3 is 3. The molecular formula is C27H36ClN3O5. The van der Waals surface area contributed by atoms with Gasteiger partial charge in [0.25, 0.3) is 0 Å². The van der Waals surface area contributed by atoms with Crippen molar-refractivity contribution in [2.45, 2.75) is 50.3 Å². The van der Waals surface area contributed by atoms with Gasteiger partial charge in [-0.1, -0.05) is 23.7 Å². The van der Waals surface area contributed by atoms with Gasteiger partial charge in [0.05, 0.1) is 33.1 Å². The number of benzene rings is 2. The molecule has 0 bridgehead atoms. The van der Waals surface area contributed by atoms with Gasteiger partial charge in [-0.2, -0.15) is 0 Å². The highest BCUT2D eigenvalue weighted by Crippen LogP contribution is 2.40. The number of urea groups is 1. The molecule has 9 heteroatoms. The van der Waals surface area contributed by atoms with Crippen LogP contribution in [0.3, 0.4) is 0 Å². The maximum Gasteiger partial charge on any atom is 0.319 e. The van der Waals surface area contributed by atoms with E-state index in [-0.39, 0.29) is 18.1 Å². The molecule has 0 spiro atoms. The molecule has 1 aliphatic heterocycles. The third kappa shape index (κ3) is 6.35. The number of hydrogen-bond donors (Lipinski definition) is 3. The molecule has 196 valence electrons. The number of rotatable bonds is 8. The zero-order chi connectivity index (χ0) is 25.7. The number of hydrogen-bond acceptors (Lipinski definition) is 6. The third-order valence-electron chi connectivity index (χ3n) is 7.30. The first-order chi connectivity index (χ1) is 17.4. The molecule has 2 aromatic carbocycles. The van der Waals surface area contributed by atoms with Crippen molar-refractivity contribution in [2.24, 2.45) is 5.92 Å². The van der Waals surface area contributed by atoms with Gasteiger partial charge in [0.2, 0.25) is 5.75 Å². The first-order valence-electron chi connectivity index (χ1n) is 12.4. The van der Waals surface area contributed by atoms with Gasteiger partial charge in [0.15, 0.2) is 11.5 Å². The standard InChI is InChI=1S/C27H36ClN3O5/c1-34-24-13-20(14-25(35-2)26(24)36-3)29-27(33)30-22-15-21(32)16-23(22)31-10-8-18(9-11-31)12-17-4-6-19(28)7-5-17/h4-7,13-14,18,21-23,32H,8-12,15-16H2,1-3H3,(H2,29,30,33)/t21?,22-,23-/m1/s1. The number of amides is 2. The second-order valence-corrected chi connectivity index (χ2v) is 10.1. The summed E-state index contributed by atoms with van der Waals surface area (Å²) in [5.41, 5.74) is 1.84. The van der Waals surface area contributed by atoms with Crippen LogP contribution < -0.4 is 24.8 Å². The van der Waals surface area contributed by atoms with E-state index in [1.165, 1.54) is 26.9 Å². The van der Waals surface area contributed by atoms with Gasteiger partial charge in [-0.25, -0.2) is 4.79 Å². The van der Waals surface area contributed by atoms with Gasteiger partial charge in [0.1, 0.15) is 0 Å². The molecule has 3 atom stereocenters. The molecule has 1 saturated heterocycles. The van der Waals surface area contributed by atoms with E-state index in [1.807, 2.05) is 12.1 Å². The SMILES string of the molecule is COc1cc(NC(=O)N[C@@H]2CC(O)C[C@H]2N2CCC(Cc3ccc(Cl)cc3)CC2)cc(OC)c1OC. The lowest BCUT2D eigenvalue weighted by Gasteiger charge is -2.38. The molecule has 1 heterocycles. The van der Waals surface area contributed by atoms with Crippen LogP contribution in [-0.4, -0.2) is 68.6 Å². The Morgan fingerprint density at radius 2 is 1.67 bits per heavy atom. The number of aliphatic hydroxyl groups excluding tert-OH is 1. The molecule has 2 amide bonds. The smallest absolute Gasteiger partial charge is 0.319 e. The molecule has 2 aromatic rings. The van der Waals surface area contributed by atoms with Gasteiger partial charge in [-0.3, -0.25) is 4.90 Å². The van der Waals surface area contributed by atoms with Crippen molar-refractivity contribution >= 4 is 23.3 Å². The predicted octanol–water partition coefficient (Wildman–Crippen LogP) is 4.33. The lowest BCUT2D eigenvalue weighted by molar-refractivity contribution is 0.109. The van der Waals surface area contributed by atoms with E-state index in [2.05, 4.69) is 27.7 Å². The maximum absolute atomic E-state index is 12.9. The van der Waals surface area contributed by atoms with E-state index in [0.717, 1.165) is 37.4 Å². The summed E-state index contributed by atoms with van der Waals surface area (Å²) in [7, 11) is 4.60. The quantitative estimate of drug-likeness (QED) is 0.482. The molecule has 4 rings (SSSR count). The highest BCUT2D eigenvalue weighted by molar-refractivity contribution is 6.30. The lowest BCUT2D eigenvalue weighted by Crippen LogP contribution is -2.52. The minimum absolute atomic E-state index is 0.113. The number of carbonyl (C=O) groups is 1. The van der Waals surface area contributed by atoms with Crippen molar-refractivity contribution in [3.63, 3.8) is 0 Å². The molecule has 1 unspecified atom stereocenters. The lowest BCUT2D eigenvalue weighted by atomic mass is 9.89. The summed E-state index contributed by atoms with van der Waals surface area (Å²) in [6, 6.07) is 11.1. The van der Waals surface area contributed by atoms with Crippen LogP contribution in [0.4, 0.5) is 10.5 Å². The Kier molecular flexibility index (Phi) is 8.82. The summed E-state index contributed by atoms with van der Waals surface area (Å²) in [4.78, 5) is 15.3. The Morgan fingerprint density at radius 3 is 2.25 bits per heavy atom. The summed E-state index contributed by atoms with van der Waals surface area (Å²) in [5.74, 6) is 2.01. The minimum Gasteiger partial charge on any atom is -0.493 e. The van der Waals surface area contributed by atoms with Crippen LogP contribution in [0.5, 0.6) is 17.2 Å². The van der Waals surface area contributed by atoms with E-state index in [9.17, 15) is 9.90 Å². The average Bonchev–Trinajstić information content (AvgIpc) is 3.24. The number of ether oxygens (including phenoxy) is 3. The summed E-state index contributed by atoms with van der Waals surface area (Å²) < 4.78 is 16.1. The Labute approximate surface area is 217 Å². The van der Waals surface area contributed by atoms with Gasteiger partial charge in [-0.15, -0.1) is 0 Å². The third-order valence-corrected chi connectivity index (χ3v) is 7.55. The largest absolute Gasteiger partial charge is 0.493 e. The number of halogens is 1. The molecule has 8 nitrogen and oxygen atoms in total. The molecule has 3 N–H and O–H groups in total. The van der Waals surface area contributed by atoms with Crippen molar-refractivity contribution in [1.82, 2.24) is 10.2 Å². The topological polar surface area (TPSA) is 92.3 Å². The summed E-state index contributed by atoms with van der Waals surface area (Å²) >= 11 is 6.01. The highest BCUT2D eigenvalue weighted by atomic mass is 35.5. The summed E-state index contributed by atoms with van der Waals surface area (Å²) in [6.07, 6.45) is 4.03. The zero-order valence-electron chi connectivity index (χ0n) is 21.1. The molecule has 0 aromatic heterocycles. The Morgan fingerprint density at radius 1 is 1.03 bits per heavy atom. The molecular weight excluding hydrogens is 482 g/mol. The van der Waals surface area contributed by atoms with Gasteiger partial charge < -0.3 is 30.0 Å². The fourth-order valence-corrected chi connectivity index (χ4v) is 5.61. The summed E-state index contributed by atoms with van der Waals surface area (Å²) in [5, 5.41) is 17.1. The zero-order valence-corrected chi connectivity index (χ0v) is 21.9. The van der Waals surface area contributed by atoms with Crippen LogP contribution in [0.2, 0.25) is 5.02 Å². The number of aliphatic hydroxyl groups is 1. The minimum atomic E-state index is -0.423. The molecule has 2 fully saturated rings. The van der Waals surface area contributed by atoms with E-state index >= 15 is 0 Å². The van der Waals surface area contributed by atoms with Crippen LogP contribution in [0.15, 0.2) is 36.4 Å². The monoisotopic (exact) mass is 517 g/mol. The van der Waals surface area contributed by atoms with E-state index < -0.39 is 6.10 Å². The van der Waals surface area contributed by atoms with Crippen LogP contribution in [0.1, 0.15) is 31.2 Å². The first kappa shape index (κ1) is 26.4. The highest BCUT2D eigenvalue weighted by Gasteiger charge is 2.39. The second kappa shape index (κ2) is 12.0.